The Labute approximate surface area is 114 Å². The highest BCUT2D eigenvalue weighted by atomic mass is 32.1. The molecule has 0 amide bonds. The maximum Gasteiger partial charge on any atom is 0.293 e. The largest absolute Gasteiger partial charge is 0.392 e. The Morgan fingerprint density at radius 1 is 1.05 bits per heavy atom. The third-order valence-electron chi connectivity index (χ3n) is 3.19. The highest BCUT2D eigenvalue weighted by Gasteiger charge is 2.17. The molecule has 0 saturated carbocycles. The minimum atomic E-state index is -0.482. The summed E-state index contributed by atoms with van der Waals surface area (Å²) in [5, 5.41) is 14.6. The van der Waals surface area contributed by atoms with Crippen LogP contribution in [0.4, 0.5) is 11.4 Å². The molecule has 0 heterocycles. The minimum absolute atomic E-state index is 0.104. The number of fused-ring (bicyclic) bond motifs is 2. The highest BCUT2D eigenvalue weighted by Crippen LogP contribution is 2.37. The van der Waals surface area contributed by atoms with Gasteiger partial charge in [-0.1, -0.05) is 24.3 Å². The van der Waals surface area contributed by atoms with Crippen LogP contribution in [0.2, 0.25) is 0 Å². The first-order valence-electron chi connectivity index (χ1n) is 5.66. The second kappa shape index (κ2) is 4.13. The summed E-state index contributed by atoms with van der Waals surface area (Å²) in [6, 6.07) is 13.2. The number of nitro groups is 1. The maximum absolute atomic E-state index is 11.0. The van der Waals surface area contributed by atoms with Gasteiger partial charge in [0.25, 0.3) is 5.69 Å². The van der Waals surface area contributed by atoms with Crippen LogP contribution in [0.1, 0.15) is 0 Å². The van der Waals surface area contributed by atoms with E-state index in [4.69, 9.17) is 5.73 Å². The molecule has 0 saturated heterocycles. The Kier molecular flexibility index (Phi) is 2.57. The maximum atomic E-state index is 11.0. The van der Waals surface area contributed by atoms with E-state index < -0.39 is 4.92 Å². The van der Waals surface area contributed by atoms with E-state index in [9.17, 15) is 10.1 Å². The first-order valence-corrected chi connectivity index (χ1v) is 6.11. The number of nitrogens with zero attached hydrogens (tertiary/aromatic N) is 1. The lowest BCUT2D eigenvalue weighted by molar-refractivity contribution is -0.383. The van der Waals surface area contributed by atoms with Crippen LogP contribution >= 0.6 is 12.6 Å². The molecule has 0 unspecified atom stereocenters. The molecule has 3 rings (SSSR count). The lowest BCUT2D eigenvalue weighted by atomic mass is 10.0. The summed E-state index contributed by atoms with van der Waals surface area (Å²) in [5.74, 6) is 0. The topological polar surface area (TPSA) is 69.2 Å². The molecule has 0 radical (unpaired) electrons. The van der Waals surface area contributed by atoms with Gasteiger partial charge in [-0.25, -0.2) is 0 Å². The monoisotopic (exact) mass is 270 g/mol. The highest BCUT2D eigenvalue weighted by molar-refractivity contribution is 7.80. The Balaban J connectivity index is 2.47. The SMILES string of the molecule is Nc1c([N+](=O)[O-])cc2cc3ccccc3cc2c1S. The molecule has 5 heteroatoms. The van der Waals surface area contributed by atoms with Crippen LogP contribution in [0.25, 0.3) is 21.5 Å². The number of rotatable bonds is 1. The lowest BCUT2D eigenvalue weighted by Gasteiger charge is -2.08. The van der Waals surface area contributed by atoms with Crippen molar-refractivity contribution in [1.29, 1.82) is 0 Å². The van der Waals surface area contributed by atoms with Crippen LogP contribution in [-0.4, -0.2) is 4.92 Å². The summed E-state index contributed by atoms with van der Waals surface area (Å²) in [7, 11) is 0. The molecule has 0 aliphatic rings. The standard InChI is InChI=1S/C14H10N2O2S/c15-13-12(16(17)18)7-10-5-8-3-1-2-4-9(8)6-11(10)14(13)19/h1-7,19H,15H2. The first kappa shape index (κ1) is 11.8. The average Bonchev–Trinajstić information content (AvgIpc) is 2.41. The number of benzene rings is 3. The summed E-state index contributed by atoms with van der Waals surface area (Å²) in [6.07, 6.45) is 0. The van der Waals surface area contributed by atoms with Crippen molar-refractivity contribution in [1.82, 2.24) is 0 Å². The first-order chi connectivity index (χ1) is 9.08. The number of thiol groups is 1. The van der Waals surface area contributed by atoms with Gasteiger partial charge in [0.15, 0.2) is 0 Å². The molecule has 0 aliphatic heterocycles. The van der Waals surface area contributed by atoms with Gasteiger partial charge < -0.3 is 5.73 Å². The zero-order chi connectivity index (χ0) is 13.6. The fraction of sp³-hybridized carbons (Fsp3) is 0. The Hall–Kier alpha value is -2.27. The quantitative estimate of drug-likeness (QED) is 0.232. The van der Waals surface area contributed by atoms with Gasteiger partial charge in [-0.3, -0.25) is 10.1 Å². The Bertz CT molecular complexity index is 830. The zero-order valence-electron chi connectivity index (χ0n) is 9.83. The Morgan fingerprint density at radius 3 is 2.32 bits per heavy atom. The number of nitrogens with two attached hydrogens (primary N) is 1. The second-order valence-corrected chi connectivity index (χ2v) is 4.78. The van der Waals surface area contributed by atoms with Crippen molar-refractivity contribution >= 4 is 45.5 Å². The fourth-order valence-corrected chi connectivity index (χ4v) is 2.53. The minimum Gasteiger partial charge on any atom is -0.392 e. The molecule has 19 heavy (non-hydrogen) atoms. The molecule has 0 aromatic heterocycles. The van der Waals surface area contributed by atoms with Crippen LogP contribution in [0.15, 0.2) is 47.4 Å². The van der Waals surface area contributed by atoms with E-state index in [1.807, 2.05) is 36.4 Å². The zero-order valence-corrected chi connectivity index (χ0v) is 10.7. The van der Waals surface area contributed by atoms with Gasteiger partial charge in [0.2, 0.25) is 0 Å². The summed E-state index contributed by atoms with van der Waals surface area (Å²) in [5.41, 5.74) is 5.78. The smallest absolute Gasteiger partial charge is 0.293 e. The van der Waals surface area contributed by atoms with Crippen molar-refractivity contribution in [2.24, 2.45) is 0 Å². The van der Waals surface area contributed by atoms with Gasteiger partial charge in [-0.2, -0.15) is 0 Å². The van der Waals surface area contributed by atoms with Crippen molar-refractivity contribution in [2.45, 2.75) is 4.90 Å². The van der Waals surface area contributed by atoms with Crippen LogP contribution in [0, 0.1) is 10.1 Å². The van der Waals surface area contributed by atoms with E-state index in [1.165, 1.54) is 6.07 Å². The summed E-state index contributed by atoms with van der Waals surface area (Å²) < 4.78 is 0. The van der Waals surface area contributed by atoms with E-state index >= 15 is 0 Å². The van der Waals surface area contributed by atoms with Gasteiger partial charge in [0, 0.05) is 11.0 Å². The molecule has 0 fully saturated rings. The summed E-state index contributed by atoms with van der Waals surface area (Å²) >= 11 is 4.32. The third kappa shape index (κ3) is 1.79. The van der Waals surface area contributed by atoms with Crippen LogP contribution < -0.4 is 5.73 Å². The van der Waals surface area contributed by atoms with Crippen LogP contribution in [-0.2, 0) is 0 Å². The van der Waals surface area contributed by atoms with E-state index in [2.05, 4.69) is 12.6 Å². The normalized spacial score (nSPS) is 11.0. The molecule has 0 aliphatic carbocycles. The van der Waals surface area contributed by atoms with Gasteiger partial charge in [0.05, 0.1) is 4.92 Å². The van der Waals surface area contributed by atoms with Gasteiger partial charge in [-0.15, -0.1) is 12.6 Å². The van der Waals surface area contributed by atoms with Crippen molar-refractivity contribution in [3.63, 3.8) is 0 Å². The van der Waals surface area contributed by atoms with E-state index in [0.717, 1.165) is 21.5 Å². The summed E-state index contributed by atoms with van der Waals surface area (Å²) in [6.45, 7) is 0. The number of hydrogen-bond acceptors (Lipinski definition) is 4. The molecule has 0 bridgehead atoms. The molecule has 94 valence electrons. The van der Waals surface area contributed by atoms with Crippen molar-refractivity contribution in [3.05, 3.63) is 52.6 Å². The van der Waals surface area contributed by atoms with Crippen molar-refractivity contribution in [3.8, 4) is 0 Å². The molecular formula is C14H10N2O2S. The molecule has 4 nitrogen and oxygen atoms in total. The molecule has 0 spiro atoms. The number of nitro benzene ring substituents is 1. The van der Waals surface area contributed by atoms with Crippen molar-refractivity contribution in [2.75, 3.05) is 5.73 Å². The number of anilines is 1. The average molecular weight is 270 g/mol. The fourth-order valence-electron chi connectivity index (χ4n) is 2.22. The predicted octanol–water partition coefficient (Wildman–Crippen LogP) is 3.77. The molecule has 3 aromatic rings. The second-order valence-electron chi connectivity index (χ2n) is 4.34. The van der Waals surface area contributed by atoms with Gasteiger partial charge >= 0.3 is 0 Å². The molecule has 0 atom stereocenters. The number of hydrogen-bond donors (Lipinski definition) is 2. The lowest BCUT2D eigenvalue weighted by Crippen LogP contribution is -1.97. The third-order valence-corrected chi connectivity index (χ3v) is 3.67. The molecule has 2 N–H and O–H groups in total. The van der Waals surface area contributed by atoms with Crippen LogP contribution in [0.3, 0.4) is 0 Å². The Morgan fingerprint density at radius 2 is 1.68 bits per heavy atom. The number of nitrogen functional groups attached to an aromatic ring is 1. The van der Waals surface area contributed by atoms with E-state index in [-0.39, 0.29) is 11.4 Å². The van der Waals surface area contributed by atoms with Gasteiger partial charge in [0.1, 0.15) is 5.69 Å². The molecular weight excluding hydrogens is 260 g/mol. The van der Waals surface area contributed by atoms with Gasteiger partial charge in [-0.05, 0) is 33.7 Å². The van der Waals surface area contributed by atoms with Crippen molar-refractivity contribution < 1.29 is 4.92 Å². The molecule has 3 aromatic carbocycles. The van der Waals surface area contributed by atoms with E-state index in [1.54, 1.807) is 0 Å². The van der Waals surface area contributed by atoms with Crippen LogP contribution in [0.5, 0.6) is 0 Å². The summed E-state index contributed by atoms with van der Waals surface area (Å²) in [4.78, 5) is 10.9. The van der Waals surface area contributed by atoms with E-state index in [0.29, 0.717) is 4.90 Å². The predicted molar refractivity (Wildman–Crippen MR) is 79.8 cm³/mol.